The first kappa shape index (κ1) is 16.6. The minimum atomic E-state index is 0.906. The number of nitrogens with two attached hydrogens (primary N) is 1. The fraction of sp³-hybridized carbons (Fsp3) is 0.227. The Morgan fingerprint density at radius 2 is 1.85 bits per heavy atom. The zero-order valence-electron chi connectivity index (χ0n) is 15.1. The van der Waals surface area contributed by atoms with Crippen LogP contribution in [-0.2, 0) is 13.1 Å². The van der Waals surface area contributed by atoms with E-state index in [1.54, 1.807) is 7.11 Å². The van der Waals surface area contributed by atoms with E-state index in [0.717, 1.165) is 37.3 Å². The van der Waals surface area contributed by atoms with Crippen molar-refractivity contribution in [1.29, 1.82) is 0 Å². The molecular weight excluding hydrogens is 322 g/mol. The lowest BCUT2D eigenvalue weighted by Gasteiger charge is -2.06. The third kappa shape index (κ3) is 3.55. The van der Waals surface area contributed by atoms with Gasteiger partial charge in [0.15, 0.2) is 0 Å². The van der Waals surface area contributed by atoms with Crippen molar-refractivity contribution in [2.24, 2.45) is 0 Å². The van der Waals surface area contributed by atoms with E-state index < -0.39 is 0 Å². The van der Waals surface area contributed by atoms with Crippen molar-refractivity contribution in [2.75, 3.05) is 13.7 Å². The van der Waals surface area contributed by atoms with Gasteiger partial charge in [0.25, 0.3) is 0 Å². The molecule has 4 rings (SSSR count). The zero-order chi connectivity index (χ0) is 17.8. The van der Waals surface area contributed by atoms with Crippen LogP contribution in [0, 0.1) is 0 Å². The Bertz CT molecular complexity index is 1020. The summed E-state index contributed by atoms with van der Waals surface area (Å²) in [6.07, 6.45) is 3.08. The van der Waals surface area contributed by atoms with Crippen molar-refractivity contribution in [1.82, 2.24) is 9.55 Å². The minimum Gasteiger partial charge on any atom is -0.497 e. The highest BCUT2D eigenvalue weighted by Crippen LogP contribution is 2.21. The minimum absolute atomic E-state index is 0.906. The molecule has 0 saturated carbocycles. The van der Waals surface area contributed by atoms with E-state index in [0.29, 0.717) is 0 Å². The summed E-state index contributed by atoms with van der Waals surface area (Å²) in [5, 5.41) is 4.87. The predicted molar refractivity (Wildman–Crippen MR) is 105 cm³/mol. The monoisotopic (exact) mass is 346 g/mol. The van der Waals surface area contributed by atoms with Crippen LogP contribution in [0.25, 0.3) is 21.8 Å². The molecule has 0 aliphatic carbocycles. The maximum atomic E-state index is 5.29. The number of quaternary nitrogens is 1. The third-order valence-corrected chi connectivity index (χ3v) is 4.83. The van der Waals surface area contributed by atoms with Crippen molar-refractivity contribution in [3.05, 3.63) is 72.6 Å². The van der Waals surface area contributed by atoms with Gasteiger partial charge in [-0.1, -0.05) is 30.3 Å². The molecular formula is C22H24N3O+. The summed E-state index contributed by atoms with van der Waals surface area (Å²) in [6.45, 7) is 3.12. The number of para-hydroxylation sites is 2. The summed E-state index contributed by atoms with van der Waals surface area (Å²) in [4.78, 5) is 4.45. The number of hydrogen-bond acceptors (Lipinski definition) is 2. The smallest absolute Gasteiger partial charge is 0.119 e. The summed E-state index contributed by atoms with van der Waals surface area (Å²) >= 11 is 0. The van der Waals surface area contributed by atoms with Crippen molar-refractivity contribution < 1.29 is 10.1 Å². The standard InChI is InChI=1S/C22H23N3O/c1-26-20-10-9-18-13-17(7-8-19(18)14-20)15-23-11-4-12-25-16-24-21-5-2-3-6-22(21)25/h2-3,5-10,13-14,16,23H,4,11-12,15H2,1H3/p+1. The van der Waals surface area contributed by atoms with Crippen LogP contribution in [0.4, 0.5) is 0 Å². The zero-order valence-corrected chi connectivity index (χ0v) is 15.1. The van der Waals surface area contributed by atoms with Crippen molar-refractivity contribution in [3.8, 4) is 5.75 Å². The molecule has 0 saturated heterocycles. The van der Waals surface area contributed by atoms with E-state index in [9.17, 15) is 0 Å². The molecule has 2 N–H and O–H groups in total. The number of ether oxygens (including phenoxy) is 1. The quantitative estimate of drug-likeness (QED) is 0.522. The molecule has 26 heavy (non-hydrogen) atoms. The topological polar surface area (TPSA) is 43.7 Å². The van der Waals surface area contributed by atoms with Crippen LogP contribution in [0.3, 0.4) is 0 Å². The van der Waals surface area contributed by atoms with Gasteiger partial charge in [0.1, 0.15) is 12.3 Å². The second-order valence-corrected chi connectivity index (χ2v) is 6.61. The van der Waals surface area contributed by atoms with Gasteiger partial charge in [0, 0.05) is 18.5 Å². The van der Waals surface area contributed by atoms with Crippen LogP contribution in [-0.4, -0.2) is 23.2 Å². The molecule has 3 aromatic carbocycles. The van der Waals surface area contributed by atoms with Crippen LogP contribution in [0.1, 0.15) is 12.0 Å². The molecule has 0 aliphatic rings. The normalized spacial score (nSPS) is 11.3. The maximum absolute atomic E-state index is 5.29. The van der Waals surface area contributed by atoms with Crippen LogP contribution < -0.4 is 10.1 Å². The SMILES string of the molecule is COc1ccc2cc(C[NH2+]CCCn3cnc4ccccc43)ccc2c1. The fourth-order valence-electron chi connectivity index (χ4n) is 3.39. The summed E-state index contributed by atoms with van der Waals surface area (Å²) in [5.74, 6) is 0.906. The lowest BCUT2D eigenvalue weighted by Crippen LogP contribution is -2.82. The molecule has 132 valence electrons. The number of imidazole rings is 1. The van der Waals surface area contributed by atoms with Crippen molar-refractivity contribution in [2.45, 2.75) is 19.5 Å². The fourth-order valence-corrected chi connectivity index (χ4v) is 3.39. The Kier molecular flexibility index (Phi) is 4.84. The number of rotatable bonds is 7. The van der Waals surface area contributed by atoms with E-state index in [2.05, 4.69) is 63.4 Å². The molecule has 0 amide bonds. The highest BCUT2D eigenvalue weighted by atomic mass is 16.5. The second kappa shape index (κ2) is 7.58. The average molecular weight is 346 g/mol. The highest BCUT2D eigenvalue weighted by molar-refractivity contribution is 5.84. The van der Waals surface area contributed by atoms with Gasteiger partial charge in [-0.05, 0) is 41.1 Å². The van der Waals surface area contributed by atoms with Gasteiger partial charge in [-0.25, -0.2) is 4.98 Å². The highest BCUT2D eigenvalue weighted by Gasteiger charge is 2.03. The Morgan fingerprint density at radius 3 is 2.77 bits per heavy atom. The lowest BCUT2D eigenvalue weighted by molar-refractivity contribution is -0.671. The molecule has 1 heterocycles. The molecule has 0 aliphatic heterocycles. The number of aromatic nitrogens is 2. The molecule has 4 nitrogen and oxygen atoms in total. The van der Waals surface area contributed by atoms with Crippen molar-refractivity contribution in [3.63, 3.8) is 0 Å². The number of aryl methyl sites for hydroxylation is 1. The Morgan fingerprint density at radius 1 is 1.00 bits per heavy atom. The number of benzene rings is 3. The Hall–Kier alpha value is -2.85. The molecule has 0 unspecified atom stereocenters. The molecule has 0 radical (unpaired) electrons. The number of methoxy groups -OCH3 is 1. The molecule has 0 fully saturated rings. The molecule has 0 bridgehead atoms. The largest absolute Gasteiger partial charge is 0.497 e. The van der Waals surface area contributed by atoms with E-state index in [-0.39, 0.29) is 0 Å². The van der Waals surface area contributed by atoms with Gasteiger partial charge in [-0.2, -0.15) is 0 Å². The predicted octanol–water partition coefficient (Wildman–Crippen LogP) is 3.35. The van der Waals surface area contributed by atoms with Gasteiger partial charge < -0.3 is 14.6 Å². The van der Waals surface area contributed by atoms with Gasteiger partial charge in [-0.15, -0.1) is 0 Å². The van der Waals surface area contributed by atoms with Crippen molar-refractivity contribution >= 4 is 21.8 Å². The summed E-state index contributed by atoms with van der Waals surface area (Å²) < 4.78 is 7.53. The number of hydrogen-bond donors (Lipinski definition) is 1. The van der Waals surface area contributed by atoms with Gasteiger partial charge in [0.05, 0.1) is 31.0 Å². The maximum Gasteiger partial charge on any atom is 0.119 e. The lowest BCUT2D eigenvalue weighted by atomic mass is 10.1. The van der Waals surface area contributed by atoms with E-state index >= 15 is 0 Å². The molecule has 4 heteroatoms. The first-order valence-corrected chi connectivity index (χ1v) is 9.12. The van der Waals surface area contributed by atoms with Crippen LogP contribution in [0.15, 0.2) is 67.0 Å². The number of nitrogens with zero attached hydrogens (tertiary/aromatic N) is 2. The Labute approximate surface area is 153 Å². The molecule has 0 atom stereocenters. The third-order valence-electron chi connectivity index (χ3n) is 4.83. The molecule has 0 spiro atoms. The second-order valence-electron chi connectivity index (χ2n) is 6.61. The van der Waals surface area contributed by atoms with Gasteiger partial charge in [-0.3, -0.25) is 0 Å². The first-order chi connectivity index (χ1) is 12.8. The summed E-state index contributed by atoms with van der Waals surface area (Å²) in [5.41, 5.74) is 3.65. The van der Waals surface area contributed by atoms with Gasteiger partial charge in [0.2, 0.25) is 0 Å². The summed E-state index contributed by atoms with van der Waals surface area (Å²) in [7, 11) is 1.71. The van der Waals surface area contributed by atoms with E-state index in [1.165, 1.54) is 21.9 Å². The van der Waals surface area contributed by atoms with Crippen LogP contribution >= 0.6 is 0 Å². The average Bonchev–Trinajstić information content (AvgIpc) is 3.10. The number of fused-ring (bicyclic) bond motifs is 2. The molecule has 4 aromatic rings. The van der Waals surface area contributed by atoms with Crippen LogP contribution in [0.2, 0.25) is 0 Å². The summed E-state index contributed by atoms with van der Waals surface area (Å²) in [6, 6.07) is 21.2. The van der Waals surface area contributed by atoms with Crippen LogP contribution in [0.5, 0.6) is 5.75 Å². The molecule has 1 aromatic heterocycles. The van der Waals surface area contributed by atoms with Gasteiger partial charge >= 0.3 is 0 Å². The van der Waals surface area contributed by atoms with E-state index in [4.69, 9.17) is 4.74 Å². The Balaban J connectivity index is 1.30. The van der Waals surface area contributed by atoms with E-state index in [1.807, 2.05) is 18.5 Å². The first-order valence-electron chi connectivity index (χ1n) is 9.12.